The van der Waals surface area contributed by atoms with Crippen molar-refractivity contribution in [3.63, 3.8) is 0 Å². The number of rotatable bonds is 3. The zero-order valence-corrected chi connectivity index (χ0v) is 10.0. The lowest BCUT2D eigenvalue weighted by molar-refractivity contribution is 0.0691. The molecule has 1 N–H and O–H groups in total. The molecule has 0 spiro atoms. The topological polar surface area (TPSA) is 63.3 Å². The van der Waals surface area contributed by atoms with E-state index in [9.17, 15) is 9.90 Å². The van der Waals surface area contributed by atoms with E-state index in [4.69, 9.17) is 4.42 Å². The normalized spacial score (nSPS) is 14.7. The van der Waals surface area contributed by atoms with Crippen LogP contribution < -0.4 is 0 Å². The number of carboxylic acid groups (broad SMARTS) is 1. The van der Waals surface area contributed by atoms with E-state index >= 15 is 0 Å². The van der Waals surface area contributed by atoms with Crippen LogP contribution in [0.4, 0.5) is 0 Å². The van der Waals surface area contributed by atoms with Gasteiger partial charge in [0.25, 0.3) is 0 Å². The van der Waals surface area contributed by atoms with E-state index in [0.717, 1.165) is 24.0 Å². The van der Waals surface area contributed by atoms with Crippen LogP contribution in [0.2, 0.25) is 0 Å². The van der Waals surface area contributed by atoms with E-state index in [0.29, 0.717) is 17.6 Å². The van der Waals surface area contributed by atoms with Gasteiger partial charge in [-0.15, -0.1) is 0 Å². The molecule has 4 heteroatoms. The average Bonchev–Trinajstić information content (AvgIpc) is 3.08. The Hall–Kier alpha value is -2.10. The molecule has 4 nitrogen and oxygen atoms in total. The Morgan fingerprint density at radius 3 is 2.83 bits per heavy atom. The molecule has 0 saturated heterocycles. The Morgan fingerprint density at radius 1 is 1.44 bits per heavy atom. The summed E-state index contributed by atoms with van der Waals surface area (Å²) in [7, 11) is 0. The third-order valence-corrected chi connectivity index (χ3v) is 3.05. The lowest BCUT2D eigenvalue weighted by atomic mass is 10.1. The van der Waals surface area contributed by atoms with Crippen LogP contribution in [0.3, 0.4) is 0 Å². The summed E-state index contributed by atoms with van der Waals surface area (Å²) >= 11 is 0. The fourth-order valence-corrected chi connectivity index (χ4v) is 1.97. The number of nitrogens with zero attached hydrogens (tertiary/aromatic N) is 1. The molecule has 1 aromatic carbocycles. The Bertz CT molecular complexity index is 611. The summed E-state index contributed by atoms with van der Waals surface area (Å²) < 4.78 is 5.65. The highest BCUT2D eigenvalue weighted by atomic mass is 16.4. The zero-order chi connectivity index (χ0) is 12.7. The van der Waals surface area contributed by atoms with Crippen molar-refractivity contribution in [2.24, 2.45) is 0 Å². The molecule has 0 aliphatic heterocycles. The molecule has 1 fully saturated rings. The molecule has 18 heavy (non-hydrogen) atoms. The summed E-state index contributed by atoms with van der Waals surface area (Å²) in [5.41, 5.74) is 1.85. The van der Waals surface area contributed by atoms with Crippen molar-refractivity contribution in [1.29, 1.82) is 0 Å². The fraction of sp³-hybridized carbons (Fsp3) is 0.286. The average molecular weight is 243 g/mol. The highest BCUT2D eigenvalue weighted by molar-refractivity contribution is 5.92. The molecule has 1 saturated carbocycles. The minimum atomic E-state index is -1.04. The van der Waals surface area contributed by atoms with Gasteiger partial charge in [0.05, 0.1) is 0 Å². The van der Waals surface area contributed by atoms with Crippen LogP contribution in [0.5, 0.6) is 0 Å². The van der Waals surface area contributed by atoms with E-state index in [1.807, 2.05) is 31.2 Å². The van der Waals surface area contributed by atoms with Gasteiger partial charge in [-0.3, -0.25) is 0 Å². The van der Waals surface area contributed by atoms with Gasteiger partial charge >= 0.3 is 5.97 Å². The van der Waals surface area contributed by atoms with Crippen molar-refractivity contribution in [2.75, 3.05) is 0 Å². The minimum Gasteiger partial charge on any atom is -0.476 e. The van der Waals surface area contributed by atoms with Crippen LogP contribution in [-0.4, -0.2) is 16.1 Å². The maximum absolute atomic E-state index is 11.2. The van der Waals surface area contributed by atoms with Crippen molar-refractivity contribution in [3.05, 3.63) is 41.4 Å². The summed E-state index contributed by atoms with van der Waals surface area (Å²) in [6.45, 7) is 1.96. The second-order valence-electron chi connectivity index (χ2n) is 4.68. The number of carboxylic acids is 1. The molecule has 3 rings (SSSR count). The van der Waals surface area contributed by atoms with Gasteiger partial charge < -0.3 is 9.52 Å². The van der Waals surface area contributed by atoms with Crippen LogP contribution in [0, 0.1) is 6.92 Å². The standard InChI is InChI=1S/C14H13NO3/c1-8-3-2-4-10(7-8)12-11(14(16)17)15-13(18-12)9-5-6-9/h2-4,7,9H,5-6H2,1H3,(H,16,17). The third kappa shape index (κ3) is 1.90. The van der Waals surface area contributed by atoms with Crippen LogP contribution in [0.25, 0.3) is 11.3 Å². The summed E-state index contributed by atoms with van der Waals surface area (Å²) in [5, 5.41) is 9.19. The summed E-state index contributed by atoms with van der Waals surface area (Å²) in [4.78, 5) is 15.3. The maximum Gasteiger partial charge on any atom is 0.358 e. The Morgan fingerprint density at radius 2 is 2.22 bits per heavy atom. The smallest absolute Gasteiger partial charge is 0.358 e. The van der Waals surface area contributed by atoms with E-state index in [-0.39, 0.29) is 5.69 Å². The third-order valence-electron chi connectivity index (χ3n) is 3.05. The van der Waals surface area contributed by atoms with E-state index in [1.165, 1.54) is 0 Å². The van der Waals surface area contributed by atoms with Crippen LogP contribution in [0.15, 0.2) is 28.7 Å². The van der Waals surface area contributed by atoms with E-state index in [1.54, 1.807) is 0 Å². The van der Waals surface area contributed by atoms with Crippen molar-refractivity contribution in [3.8, 4) is 11.3 Å². The molecule has 0 amide bonds. The van der Waals surface area contributed by atoms with Crippen molar-refractivity contribution < 1.29 is 14.3 Å². The van der Waals surface area contributed by atoms with Gasteiger partial charge in [-0.2, -0.15) is 0 Å². The first-order chi connectivity index (χ1) is 8.65. The fourth-order valence-electron chi connectivity index (χ4n) is 1.97. The second kappa shape index (κ2) is 3.98. The SMILES string of the molecule is Cc1cccc(-c2oc(C3CC3)nc2C(=O)O)c1. The van der Waals surface area contributed by atoms with Gasteiger partial charge in [-0.1, -0.05) is 23.8 Å². The maximum atomic E-state index is 11.2. The number of aromatic carboxylic acids is 1. The number of aryl methyl sites for hydroxylation is 1. The Balaban J connectivity index is 2.11. The lowest BCUT2D eigenvalue weighted by Gasteiger charge is -1.99. The van der Waals surface area contributed by atoms with Crippen molar-refractivity contribution >= 4 is 5.97 Å². The first-order valence-corrected chi connectivity index (χ1v) is 5.96. The predicted molar refractivity (Wildman–Crippen MR) is 65.6 cm³/mol. The van der Waals surface area contributed by atoms with Gasteiger partial charge in [0.15, 0.2) is 17.3 Å². The van der Waals surface area contributed by atoms with Crippen molar-refractivity contribution in [1.82, 2.24) is 4.98 Å². The van der Waals surface area contributed by atoms with Crippen molar-refractivity contribution in [2.45, 2.75) is 25.7 Å². The molecular formula is C14H13NO3. The number of oxazole rings is 1. The highest BCUT2D eigenvalue weighted by Gasteiger charge is 2.32. The quantitative estimate of drug-likeness (QED) is 0.898. The van der Waals surface area contributed by atoms with Gasteiger partial charge in [0, 0.05) is 11.5 Å². The summed E-state index contributed by atoms with van der Waals surface area (Å²) in [6.07, 6.45) is 2.07. The first-order valence-electron chi connectivity index (χ1n) is 5.96. The Labute approximate surface area is 104 Å². The lowest BCUT2D eigenvalue weighted by Crippen LogP contribution is -1.99. The van der Waals surface area contributed by atoms with Crippen LogP contribution >= 0.6 is 0 Å². The van der Waals surface area contributed by atoms with Gasteiger partial charge in [-0.05, 0) is 25.8 Å². The monoisotopic (exact) mass is 243 g/mol. The first kappa shape index (κ1) is 11.0. The number of aromatic nitrogens is 1. The molecule has 1 aliphatic carbocycles. The second-order valence-corrected chi connectivity index (χ2v) is 4.68. The molecule has 0 atom stereocenters. The van der Waals surface area contributed by atoms with Crippen LogP contribution in [-0.2, 0) is 0 Å². The van der Waals surface area contributed by atoms with Gasteiger partial charge in [0.1, 0.15) is 0 Å². The molecule has 0 bridgehead atoms. The molecular weight excluding hydrogens is 230 g/mol. The molecule has 1 heterocycles. The Kier molecular flexibility index (Phi) is 2.44. The molecule has 92 valence electrons. The van der Waals surface area contributed by atoms with Gasteiger partial charge in [0.2, 0.25) is 0 Å². The number of benzene rings is 1. The van der Waals surface area contributed by atoms with E-state index < -0.39 is 5.97 Å². The number of hydrogen-bond donors (Lipinski definition) is 1. The molecule has 1 aliphatic rings. The molecule has 1 aromatic heterocycles. The predicted octanol–water partition coefficient (Wildman–Crippen LogP) is 3.23. The number of hydrogen-bond acceptors (Lipinski definition) is 3. The summed E-state index contributed by atoms with van der Waals surface area (Å²) in [5.74, 6) is 0.195. The highest BCUT2D eigenvalue weighted by Crippen LogP contribution is 2.41. The molecule has 2 aromatic rings. The summed E-state index contributed by atoms with van der Waals surface area (Å²) in [6, 6.07) is 7.60. The van der Waals surface area contributed by atoms with Crippen LogP contribution in [0.1, 0.15) is 40.7 Å². The van der Waals surface area contributed by atoms with Gasteiger partial charge in [-0.25, -0.2) is 9.78 Å². The number of carbonyl (C=O) groups is 1. The minimum absolute atomic E-state index is 0.0162. The zero-order valence-electron chi connectivity index (χ0n) is 10.0. The largest absolute Gasteiger partial charge is 0.476 e. The molecule has 0 radical (unpaired) electrons. The van der Waals surface area contributed by atoms with E-state index in [2.05, 4.69) is 4.98 Å². The molecule has 0 unspecified atom stereocenters.